The molecule has 2 N–H and O–H groups in total. The number of nitrogens with zero attached hydrogens (tertiary/aromatic N) is 2. The number of halogens is 1. The molecule has 0 radical (unpaired) electrons. The summed E-state index contributed by atoms with van der Waals surface area (Å²) in [5.74, 6) is 2.98. The van der Waals surface area contributed by atoms with Gasteiger partial charge in [-0.15, -0.1) is 24.0 Å². The van der Waals surface area contributed by atoms with E-state index >= 15 is 0 Å². The highest BCUT2D eigenvalue weighted by atomic mass is 127. The third-order valence-electron chi connectivity index (χ3n) is 5.02. The predicted octanol–water partition coefficient (Wildman–Crippen LogP) is 5.32. The van der Waals surface area contributed by atoms with Crippen LogP contribution in [0.1, 0.15) is 44.7 Å². The number of oxazole rings is 1. The molecule has 2 heterocycles. The highest BCUT2D eigenvalue weighted by molar-refractivity contribution is 14.0. The molecule has 164 valence electrons. The lowest BCUT2D eigenvalue weighted by Gasteiger charge is -2.38. The van der Waals surface area contributed by atoms with Gasteiger partial charge in [-0.05, 0) is 26.8 Å². The van der Waals surface area contributed by atoms with Gasteiger partial charge in [0.2, 0.25) is 5.89 Å². The monoisotopic (exact) mass is 532 g/mol. The van der Waals surface area contributed by atoms with E-state index in [2.05, 4.69) is 42.5 Å². The molecule has 6 nitrogen and oxygen atoms in total. The molecule has 0 amide bonds. The molecule has 1 aliphatic rings. The summed E-state index contributed by atoms with van der Waals surface area (Å²) in [6, 6.07) is 18.2. The maximum Gasteiger partial charge on any atom is 0.216 e. The molecule has 3 aromatic rings. The Morgan fingerprint density at radius 2 is 1.87 bits per heavy atom. The van der Waals surface area contributed by atoms with Crippen molar-refractivity contribution < 1.29 is 9.15 Å². The highest BCUT2D eigenvalue weighted by Gasteiger charge is 2.33. The van der Waals surface area contributed by atoms with Gasteiger partial charge in [0.15, 0.2) is 11.7 Å². The van der Waals surface area contributed by atoms with Crippen LogP contribution >= 0.6 is 24.0 Å². The number of rotatable bonds is 5. The minimum absolute atomic E-state index is 0. The summed E-state index contributed by atoms with van der Waals surface area (Å²) in [6.45, 7) is 7.40. The number of ether oxygens (including phenoxy) is 1. The molecule has 0 fully saturated rings. The van der Waals surface area contributed by atoms with Crippen LogP contribution in [-0.4, -0.2) is 23.1 Å². The van der Waals surface area contributed by atoms with E-state index in [0.717, 1.165) is 41.6 Å². The number of aromatic nitrogens is 1. The van der Waals surface area contributed by atoms with Gasteiger partial charge in [0.25, 0.3) is 0 Å². The predicted molar refractivity (Wildman–Crippen MR) is 134 cm³/mol. The van der Waals surface area contributed by atoms with Crippen molar-refractivity contribution in [1.29, 1.82) is 0 Å². The Morgan fingerprint density at radius 1 is 1.13 bits per heavy atom. The van der Waals surface area contributed by atoms with E-state index in [-0.39, 0.29) is 35.6 Å². The van der Waals surface area contributed by atoms with Crippen molar-refractivity contribution in [3.63, 3.8) is 0 Å². The topological polar surface area (TPSA) is 71.7 Å². The van der Waals surface area contributed by atoms with Crippen LogP contribution in [0.5, 0.6) is 5.75 Å². The van der Waals surface area contributed by atoms with Crippen LogP contribution < -0.4 is 15.4 Å². The second kappa shape index (κ2) is 10.2. The summed E-state index contributed by atoms with van der Waals surface area (Å²) >= 11 is 0. The van der Waals surface area contributed by atoms with Crippen molar-refractivity contribution in [2.24, 2.45) is 4.99 Å². The molecule has 31 heavy (non-hydrogen) atoms. The molecule has 0 saturated carbocycles. The molecule has 7 heteroatoms. The molecule has 0 bridgehead atoms. The number of nitrogens with one attached hydrogen (secondary N) is 2. The fourth-order valence-corrected chi connectivity index (χ4v) is 3.68. The highest BCUT2D eigenvalue weighted by Crippen LogP contribution is 2.39. The zero-order valence-electron chi connectivity index (χ0n) is 18.1. The Balaban J connectivity index is 0.00000272. The largest absolute Gasteiger partial charge is 0.487 e. The number of benzene rings is 2. The zero-order chi connectivity index (χ0) is 21.0. The molecule has 0 aliphatic carbocycles. The number of hydrogen-bond acceptors (Lipinski definition) is 4. The number of guanidine groups is 1. The fourth-order valence-electron chi connectivity index (χ4n) is 3.68. The van der Waals surface area contributed by atoms with Gasteiger partial charge in [0.05, 0.1) is 12.2 Å². The minimum Gasteiger partial charge on any atom is -0.487 e. The Kier molecular flexibility index (Phi) is 7.59. The van der Waals surface area contributed by atoms with Crippen molar-refractivity contribution in [2.45, 2.75) is 45.4 Å². The van der Waals surface area contributed by atoms with Crippen molar-refractivity contribution in [3.05, 3.63) is 72.2 Å². The van der Waals surface area contributed by atoms with E-state index in [4.69, 9.17) is 14.1 Å². The Bertz CT molecular complexity index is 1020. The van der Waals surface area contributed by atoms with Gasteiger partial charge in [-0.25, -0.2) is 9.98 Å². The molecule has 2 aromatic carbocycles. The molecular formula is C24H29IN4O2. The van der Waals surface area contributed by atoms with Crippen molar-refractivity contribution in [3.8, 4) is 17.1 Å². The normalized spacial score (nSPS) is 17.1. The van der Waals surface area contributed by atoms with E-state index in [1.165, 1.54) is 0 Å². The molecule has 1 unspecified atom stereocenters. The third-order valence-corrected chi connectivity index (χ3v) is 5.02. The SMILES string of the molecule is CCNC(=NCc1ncc(-c2ccccc2)o1)NC1CC(C)(C)Oc2ccccc21.I. The Labute approximate surface area is 200 Å². The van der Waals surface area contributed by atoms with E-state index in [1.54, 1.807) is 6.20 Å². The maximum absolute atomic E-state index is 6.14. The first kappa shape index (κ1) is 23.1. The van der Waals surface area contributed by atoms with Crippen LogP contribution in [0, 0.1) is 0 Å². The fraction of sp³-hybridized carbons (Fsp3) is 0.333. The number of fused-ring (bicyclic) bond motifs is 1. The van der Waals surface area contributed by atoms with Gasteiger partial charge in [0.1, 0.15) is 17.9 Å². The molecule has 0 spiro atoms. The van der Waals surface area contributed by atoms with Crippen molar-refractivity contribution >= 4 is 29.9 Å². The van der Waals surface area contributed by atoms with Gasteiger partial charge in [-0.3, -0.25) is 0 Å². The molecule has 0 saturated heterocycles. The van der Waals surface area contributed by atoms with Crippen LogP contribution in [-0.2, 0) is 6.54 Å². The maximum atomic E-state index is 6.14. The van der Waals surface area contributed by atoms with Crippen LogP contribution in [0.2, 0.25) is 0 Å². The first-order valence-electron chi connectivity index (χ1n) is 10.4. The average molecular weight is 532 g/mol. The molecule has 1 aromatic heterocycles. The zero-order valence-corrected chi connectivity index (χ0v) is 20.4. The van der Waals surface area contributed by atoms with E-state index in [0.29, 0.717) is 12.4 Å². The lowest BCUT2D eigenvalue weighted by Crippen LogP contribution is -2.45. The second-order valence-corrected chi connectivity index (χ2v) is 7.98. The summed E-state index contributed by atoms with van der Waals surface area (Å²) in [5, 5.41) is 6.89. The molecule has 4 rings (SSSR count). The first-order chi connectivity index (χ1) is 14.5. The summed E-state index contributed by atoms with van der Waals surface area (Å²) in [4.78, 5) is 9.08. The average Bonchev–Trinajstić information content (AvgIpc) is 3.21. The van der Waals surface area contributed by atoms with Gasteiger partial charge in [-0.1, -0.05) is 48.5 Å². The van der Waals surface area contributed by atoms with Gasteiger partial charge >= 0.3 is 0 Å². The van der Waals surface area contributed by atoms with E-state index < -0.39 is 0 Å². The standard InChI is InChI=1S/C24H28N4O2.HI/c1-4-25-23(27-16-22-26-15-21(29-22)17-10-6-5-7-11-17)28-19-14-24(2,3)30-20-13-9-8-12-18(19)20;/h5-13,15,19H,4,14,16H2,1-3H3,(H2,25,27,28);1H. The number of aliphatic imine (C=N–C) groups is 1. The van der Waals surface area contributed by atoms with E-state index in [9.17, 15) is 0 Å². The van der Waals surface area contributed by atoms with Crippen molar-refractivity contribution in [1.82, 2.24) is 15.6 Å². The van der Waals surface area contributed by atoms with Gasteiger partial charge < -0.3 is 19.8 Å². The molecule has 1 aliphatic heterocycles. The van der Waals surface area contributed by atoms with Crippen LogP contribution in [0.25, 0.3) is 11.3 Å². The van der Waals surface area contributed by atoms with Crippen LogP contribution in [0.3, 0.4) is 0 Å². The molecular weight excluding hydrogens is 503 g/mol. The number of hydrogen-bond donors (Lipinski definition) is 2. The lowest BCUT2D eigenvalue weighted by molar-refractivity contribution is 0.0694. The summed E-state index contributed by atoms with van der Waals surface area (Å²) in [5.41, 5.74) is 1.90. The van der Waals surface area contributed by atoms with Crippen LogP contribution in [0.4, 0.5) is 0 Å². The van der Waals surface area contributed by atoms with Gasteiger partial charge in [-0.2, -0.15) is 0 Å². The minimum atomic E-state index is -0.253. The van der Waals surface area contributed by atoms with E-state index in [1.807, 2.05) is 48.5 Å². The second-order valence-electron chi connectivity index (χ2n) is 7.98. The molecule has 1 atom stereocenters. The van der Waals surface area contributed by atoms with Gasteiger partial charge in [0, 0.05) is 24.1 Å². The summed E-state index contributed by atoms with van der Waals surface area (Å²) < 4.78 is 12.0. The van der Waals surface area contributed by atoms with Crippen molar-refractivity contribution in [2.75, 3.05) is 6.54 Å². The smallest absolute Gasteiger partial charge is 0.216 e. The third kappa shape index (κ3) is 5.78. The Morgan fingerprint density at radius 3 is 2.65 bits per heavy atom. The number of para-hydroxylation sites is 1. The summed E-state index contributed by atoms with van der Waals surface area (Å²) in [6.07, 6.45) is 2.59. The van der Waals surface area contributed by atoms with Crippen LogP contribution in [0.15, 0.2) is 70.2 Å². The lowest BCUT2D eigenvalue weighted by atomic mass is 9.90. The first-order valence-corrected chi connectivity index (χ1v) is 10.4. The quantitative estimate of drug-likeness (QED) is 0.265. The summed E-state index contributed by atoms with van der Waals surface area (Å²) in [7, 11) is 0. The Hall–Kier alpha value is -2.55.